The molecule has 106 valence electrons. The Morgan fingerprint density at radius 3 is 2.70 bits per heavy atom. The maximum Gasteiger partial charge on any atom is 0.133 e. The van der Waals surface area contributed by atoms with E-state index in [0.29, 0.717) is 6.04 Å². The quantitative estimate of drug-likeness (QED) is 0.914. The number of aryl methyl sites for hydroxylation is 1. The second-order valence-corrected chi connectivity index (χ2v) is 6.39. The molecule has 1 aliphatic rings. The van der Waals surface area contributed by atoms with Crippen LogP contribution >= 0.6 is 15.9 Å². The van der Waals surface area contributed by atoms with E-state index in [0.717, 1.165) is 29.2 Å². The number of hydrogen-bond donors (Lipinski definition) is 1. The predicted molar refractivity (Wildman–Crippen MR) is 82.6 cm³/mol. The molecular weight excluding hydrogens is 316 g/mol. The Morgan fingerprint density at radius 2 is 2.05 bits per heavy atom. The van der Waals surface area contributed by atoms with E-state index < -0.39 is 0 Å². The maximum absolute atomic E-state index is 4.10. The van der Waals surface area contributed by atoms with E-state index in [4.69, 9.17) is 0 Å². The summed E-state index contributed by atoms with van der Waals surface area (Å²) in [6.07, 6.45) is 5.17. The third kappa shape index (κ3) is 3.10. The third-order valence-electron chi connectivity index (χ3n) is 4.07. The summed E-state index contributed by atoms with van der Waals surface area (Å²) in [7, 11) is 1.99. The lowest BCUT2D eigenvalue weighted by atomic mass is 9.76. The summed E-state index contributed by atoms with van der Waals surface area (Å²) in [6, 6.07) is 9.36. The van der Waals surface area contributed by atoms with Gasteiger partial charge in [0.1, 0.15) is 12.2 Å². The Hall–Kier alpha value is -1.20. The molecule has 1 saturated carbocycles. The summed E-state index contributed by atoms with van der Waals surface area (Å²) in [6.45, 7) is 0.976. The van der Waals surface area contributed by atoms with Gasteiger partial charge in [0, 0.05) is 30.5 Å². The van der Waals surface area contributed by atoms with Crippen molar-refractivity contribution in [1.29, 1.82) is 0 Å². The van der Waals surface area contributed by atoms with Crippen molar-refractivity contribution < 1.29 is 0 Å². The smallest absolute Gasteiger partial charge is 0.133 e. The SMILES string of the molecule is Cn1cnnc1CCNC1CC(c2ccc(Br)cc2)C1. The molecule has 0 amide bonds. The third-order valence-corrected chi connectivity index (χ3v) is 4.59. The molecule has 3 rings (SSSR count). The number of rotatable bonds is 5. The van der Waals surface area contributed by atoms with Crippen molar-refractivity contribution in [2.24, 2.45) is 7.05 Å². The number of aromatic nitrogens is 3. The van der Waals surface area contributed by atoms with Crippen LogP contribution in [0.3, 0.4) is 0 Å². The van der Waals surface area contributed by atoms with Crippen molar-refractivity contribution in [2.75, 3.05) is 6.54 Å². The molecular formula is C15H19BrN4. The van der Waals surface area contributed by atoms with Gasteiger partial charge in [0.15, 0.2) is 0 Å². The largest absolute Gasteiger partial charge is 0.321 e. The lowest BCUT2D eigenvalue weighted by molar-refractivity contribution is 0.292. The topological polar surface area (TPSA) is 42.7 Å². The van der Waals surface area contributed by atoms with Crippen molar-refractivity contribution in [3.8, 4) is 0 Å². The Morgan fingerprint density at radius 1 is 1.30 bits per heavy atom. The highest BCUT2D eigenvalue weighted by molar-refractivity contribution is 9.10. The average molecular weight is 335 g/mol. The molecule has 1 aromatic heterocycles. The van der Waals surface area contributed by atoms with Gasteiger partial charge in [0.2, 0.25) is 0 Å². The lowest BCUT2D eigenvalue weighted by Gasteiger charge is -2.36. The van der Waals surface area contributed by atoms with Crippen molar-refractivity contribution in [1.82, 2.24) is 20.1 Å². The van der Waals surface area contributed by atoms with Crippen LogP contribution < -0.4 is 5.32 Å². The average Bonchev–Trinajstić information content (AvgIpc) is 2.79. The van der Waals surface area contributed by atoms with Crippen LogP contribution in [0.2, 0.25) is 0 Å². The van der Waals surface area contributed by atoms with Crippen LogP contribution in [0, 0.1) is 0 Å². The van der Waals surface area contributed by atoms with Crippen LogP contribution in [0.25, 0.3) is 0 Å². The number of nitrogens with one attached hydrogen (secondary N) is 1. The molecule has 1 heterocycles. The fourth-order valence-electron chi connectivity index (χ4n) is 2.71. The van der Waals surface area contributed by atoms with E-state index in [-0.39, 0.29) is 0 Å². The molecule has 5 heteroatoms. The van der Waals surface area contributed by atoms with Crippen molar-refractivity contribution in [2.45, 2.75) is 31.2 Å². The first-order valence-electron chi connectivity index (χ1n) is 7.04. The highest BCUT2D eigenvalue weighted by Gasteiger charge is 2.29. The molecule has 2 aromatic rings. The molecule has 20 heavy (non-hydrogen) atoms. The van der Waals surface area contributed by atoms with Gasteiger partial charge < -0.3 is 9.88 Å². The van der Waals surface area contributed by atoms with E-state index in [2.05, 4.69) is 55.7 Å². The Kier molecular flexibility index (Phi) is 4.17. The van der Waals surface area contributed by atoms with Gasteiger partial charge >= 0.3 is 0 Å². The number of nitrogens with zero attached hydrogens (tertiary/aromatic N) is 3. The van der Waals surface area contributed by atoms with E-state index in [1.54, 1.807) is 6.33 Å². The van der Waals surface area contributed by atoms with Gasteiger partial charge in [0.25, 0.3) is 0 Å². The molecule has 0 spiro atoms. The van der Waals surface area contributed by atoms with Crippen LogP contribution in [-0.2, 0) is 13.5 Å². The van der Waals surface area contributed by atoms with Gasteiger partial charge in [-0.2, -0.15) is 0 Å². The number of halogens is 1. The fourth-order valence-corrected chi connectivity index (χ4v) is 2.98. The van der Waals surface area contributed by atoms with Gasteiger partial charge in [-0.05, 0) is 36.5 Å². The van der Waals surface area contributed by atoms with Crippen LogP contribution in [0.4, 0.5) is 0 Å². The molecule has 1 N–H and O–H groups in total. The summed E-state index contributed by atoms with van der Waals surface area (Å²) in [5.41, 5.74) is 1.46. The Balaban J connectivity index is 1.40. The minimum Gasteiger partial charge on any atom is -0.321 e. The first-order chi connectivity index (χ1) is 9.72. The van der Waals surface area contributed by atoms with Gasteiger partial charge in [-0.15, -0.1) is 10.2 Å². The number of benzene rings is 1. The zero-order valence-corrected chi connectivity index (χ0v) is 13.2. The number of hydrogen-bond acceptors (Lipinski definition) is 3. The fraction of sp³-hybridized carbons (Fsp3) is 0.467. The monoisotopic (exact) mass is 334 g/mol. The van der Waals surface area contributed by atoms with Crippen LogP contribution in [0.15, 0.2) is 35.1 Å². The molecule has 0 unspecified atom stereocenters. The normalized spacial score (nSPS) is 21.7. The molecule has 0 bridgehead atoms. The minimum absolute atomic E-state index is 0.650. The molecule has 1 aliphatic carbocycles. The highest BCUT2D eigenvalue weighted by atomic mass is 79.9. The molecule has 1 aromatic carbocycles. The summed E-state index contributed by atoms with van der Waals surface area (Å²) in [4.78, 5) is 0. The van der Waals surface area contributed by atoms with Crippen molar-refractivity contribution in [3.63, 3.8) is 0 Å². The van der Waals surface area contributed by atoms with Gasteiger partial charge in [-0.1, -0.05) is 28.1 Å². The maximum atomic E-state index is 4.10. The molecule has 0 atom stereocenters. The Bertz CT molecular complexity index is 558. The van der Waals surface area contributed by atoms with E-state index in [9.17, 15) is 0 Å². The van der Waals surface area contributed by atoms with E-state index >= 15 is 0 Å². The molecule has 0 radical (unpaired) electrons. The predicted octanol–water partition coefficient (Wildman–Crippen LogP) is 2.66. The van der Waals surface area contributed by atoms with Gasteiger partial charge in [0.05, 0.1) is 0 Å². The lowest BCUT2D eigenvalue weighted by Crippen LogP contribution is -2.41. The minimum atomic E-state index is 0.650. The second-order valence-electron chi connectivity index (χ2n) is 5.48. The first-order valence-corrected chi connectivity index (χ1v) is 7.83. The van der Waals surface area contributed by atoms with Crippen molar-refractivity contribution in [3.05, 3.63) is 46.5 Å². The van der Waals surface area contributed by atoms with Gasteiger partial charge in [-0.3, -0.25) is 0 Å². The molecule has 1 fully saturated rings. The standard InChI is InChI=1S/C15H19BrN4/c1-20-10-18-19-15(20)6-7-17-14-8-12(9-14)11-2-4-13(16)5-3-11/h2-5,10,12,14,17H,6-9H2,1H3. The second kappa shape index (κ2) is 6.06. The molecule has 0 saturated heterocycles. The highest BCUT2D eigenvalue weighted by Crippen LogP contribution is 2.37. The zero-order chi connectivity index (χ0) is 13.9. The van der Waals surface area contributed by atoms with Crippen LogP contribution in [0.5, 0.6) is 0 Å². The van der Waals surface area contributed by atoms with E-state index in [1.165, 1.54) is 18.4 Å². The summed E-state index contributed by atoms with van der Waals surface area (Å²) >= 11 is 3.48. The van der Waals surface area contributed by atoms with Gasteiger partial charge in [-0.25, -0.2) is 0 Å². The molecule has 4 nitrogen and oxygen atoms in total. The Labute approximate surface area is 127 Å². The summed E-state index contributed by atoms with van der Waals surface area (Å²) in [5.74, 6) is 1.76. The summed E-state index contributed by atoms with van der Waals surface area (Å²) in [5, 5.41) is 11.6. The molecule has 0 aliphatic heterocycles. The van der Waals surface area contributed by atoms with Crippen LogP contribution in [-0.4, -0.2) is 27.4 Å². The zero-order valence-electron chi connectivity index (χ0n) is 11.6. The van der Waals surface area contributed by atoms with E-state index in [1.807, 2.05) is 11.6 Å². The van der Waals surface area contributed by atoms with Crippen molar-refractivity contribution >= 4 is 15.9 Å². The first kappa shape index (κ1) is 13.8. The summed E-state index contributed by atoms with van der Waals surface area (Å²) < 4.78 is 3.13. The van der Waals surface area contributed by atoms with Crippen LogP contribution in [0.1, 0.15) is 30.1 Å².